The number of nitrogens with two attached hydrogens (primary N) is 1. The molecule has 2 heterocycles. The molecule has 0 bridgehead atoms. The summed E-state index contributed by atoms with van der Waals surface area (Å²) in [6, 6.07) is 3.69. The van der Waals surface area contributed by atoms with Crippen LogP contribution in [0.5, 0.6) is 11.5 Å². The van der Waals surface area contributed by atoms with Crippen LogP contribution in [0.3, 0.4) is 0 Å². The van der Waals surface area contributed by atoms with Gasteiger partial charge in [0.1, 0.15) is 13.2 Å². The molecule has 21 heavy (non-hydrogen) atoms. The molecule has 116 valence electrons. The molecule has 1 fully saturated rings. The fourth-order valence-electron chi connectivity index (χ4n) is 2.57. The maximum Gasteiger partial charge on any atom is 0.227 e. The number of likely N-dealkylation sites (tertiary alicyclic amines) is 1. The SMILES string of the molecule is Cl.N[C@@H]1CCN(C(=O)Cc2cc(Cl)c3c(c2)OCCO3)C1. The Labute approximate surface area is 134 Å². The lowest BCUT2D eigenvalue weighted by atomic mass is 10.1. The highest BCUT2D eigenvalue weighted by atomic mass is 35.5. The Morgan fingerprint density at radius 3 is 2.86 bits per heavy atom. The molecule has 1 aromatic rings. The van der Waals surface area contributed by atoms with Crippen molar-refractivity contribution in [2.24, 2.45) is 5.73 Å². The van der Waals surface area contributed by atoms with Crippen molar-refractivity contribution >= 4 is 29.9 Å². The molecule has 1 amide bonds. The molecule has 1 atom stereocenters. The minimum absolute atomic E-state index is 0. The highest BCUT2D eigenvalue weighted by molar-refractivity contribution is 6.32. The lowest BCUT2D eigenvalue weighted by molar-refractivity contribution is -0.129. The van der Waals surface area contributed by atoms with E-state index in [1.165, 1.54) is 0 Å². The third-order valence-electron chi connectivity index (χ3n) is 3.59. The summed E-state index contributed by atoms with van der Waals surface area (Å²) in [5.41, 5.74) is 6.66. The second-order valence-corrected chi connectivity index (χ2v) is 5.57. The van der Waals surface area contributed by atoms with Crippen molar-refractivity contribution in [2.45, 2.75) is 18.9 Å². The van der Waals surface area contributed by atoms with Crippen molar-refractivity contribution in [3.63, 3.8) is 0 Å². The number of benzene rings is 1. The quantitative estimate of drug-likeness (QED) is 0.894. The fourth-order valence-corrected chi connectivity index (χ4v) is 2.85. The number of fused-ring (bicyclic) bond motifs is 1. The highest BCUT2D eigenvalue weighted by Crippen LogP contribution is 2.38. The van der Waals surface area contributed by atoms with Gasteiger partial charge in [0.15, 0.2) is 11.5 Å². The molecular weight excluding hydrogens is 315 g/mol. The van der Waals surface area contributed by atoms with Crippen molar-refractivity contribution in [3.8, 4) is 11.5 Å². The van der Waals surface area contributed by atoms with Gasteiger partial charge in [-0.2, -0.15) is 0 Å². The molecular formula is C14H18Cl2N2O3. The number of hydrogen-bond donors (Lipinski definition) is 1. The minimum Gasteiger partial charge on any atom is -0.486 e. The Morgan fingerprint density at radius 1 is 1.38 bits per heavy atom. The Kier molecular flexibility index (Phi) is 5.19. The number of carbonyl (C=O) groups is 1. The Morgan fingerprint density at radius 2 is 2.14 bits per heavy atom. The van der Waals surface area contributed by atoms with Crippen molar-refractivity contribution < 1.29 is 14.3 Å². The van der Waals surface area contributed by atoms with Gasteiger partial charge in [0.2, 0.25) is 5.91 Å². The molecule has 0 unspecified atom stereocenters. The first kappa shape index (κ1) is 16.2. The van der Waals surface area contributed by atoms with Gasteiger partial charge in [-0.05, 0) is 24.1 Å². The normalized spacial score (nSPS) is 20.1. The number of halogens is 2. The molecule has 2 aliphatic rings. The molecule has 1 aromatic carbocycles. The average molecular weight is 333 g/mol. The van der Waals surface area contributed by atoms with Crippen LogP contribution in [0.15, 0.2) is 12.1 Å². The van der Waals surface area contributed by atoms with E-state index in [1.807, 2.05) is 6.07 Å². The molecule has 3 rings (SSSR count). The van der Waals surface area contributed by atoms with Crippen molar-refractivity contribution in [2.75, 3.05) is 26.3 Å². The van der Waals surface area contributed by atoms with E-state index in [0.29, 0.717) is 42.7 Å². The van der Waals surface area contributed by atoms with Crippen LogP contribution >= 0.6 is 24.0 Å². The Bertz CT molecular complexity index is 539. The Hall–Kier alpha value is -1.17. The first-order valence-electron chi connectivity index (χ1n) is 6.75. The van der Waals surface area contributed by atoms with Crippen LogP contribution in [0, 0.1) is 0 Å². The van der Waals surface area contributed by atoms with E-state index < -0.39 is 0 Å². The summed E-state index contributed by atoms with van der Waals surface area (Å²) in [6.45, 7) is 2.37. The van der Waals surface area contributed by atoms with Gasteiger partial charge in [0, 0.05) is 19.1 Å². The van der Waals surface area contributed by atoms with Gasteiger partial charge >= 0.3 is 0 Å². The van der Waals surface area contributed by atoms with Crippen molar-refractivity contribution in [1.82, 2.24) is 4.90 Å². The van der Waals surface area contributed by atoms with Gasteiger partial charge in [0.25, 0.3) is 0 Å². The Balaban J connectivity index is 0.00000161. The number of nitrogens with zero attached hydrogens (tertiary/aromatic N) is 1. The van der Waals surface area contributed by atoms with Crippen LogP contribution in [0.4, 0.5) is 0 Å². The smallest absolute Gasteiger partial charge is 0.227 e. The minimum atomic E-state index is 0. The van der Waals surface area contributed by atoms with Crippen molar-refractivity contribution in [1.29, 1.82) is 0 Å². The van der Waals surface area contributed by atoms with Gasteiger partial charge in [-0.3, -0.25) is 4.79 Å². The number of carbonyl (C=O) groups excluding carboxylic acids is 1. The molecule has 5 nitrogen and oxygen atoms in total. The topological polar surface area (TPSA) is 64.8 Å². The van der Waals surface area contributed by atoms with E-state index in [4.69, 9.17) is 26.8 Å². The lowest BCUT2D eigenvalue weighted by Crippen LogP contribution is -2.32. The largest absolute Gasteiger partial charge is 0.486 e. The summed E-state index contributed by atoms with van der Waals surface area (Å²) in [5.74, 6) is 1.26. The summed E-state index contributed by atoms with van der Waals surface area (Å²) >= 11 is 6.16. The second-order valence-electron chi connectivity index (χ2n) is 5.17. The zero-order chi connectivity index (χ0) is 14.1. The predicted molar refractivity (Wildman–Crippen MR) is 82.6 cm³/mol. The number of ether oxygens (including phenoxy) is 2. The molecule has 0 saturated carbocycles. The van der Waals surface area contributed by atoms with Gasteiger partial charge in [-0.25, -0.2) is 0 Å². The van der Waals surface area contributed by atoms with Crippen LogP contribution in [0.1, 0.15) is 12.0 Å². The van der Waals surface area contributed by atoms with E-state index in [9.17, 15) is 4.79 Å². The molecule has 7 heteroatoms. The fraction of sp³-hybridized carbons (Fsp3) is 0.500. The van der Waals surface area contributed by atoms with Crippen LogP contribution < -0.4 is 15.2 Å². The predicted octanol–water partition coefficient (Wildman–Crippen LogP) is 1.64. The monoisotopic (exact) mass is 332 g/mol. The molecule has 1 saturated heterocycles. The summed E-state index contributed by atoms with van der Waals surface area (Å²) in [7, 11) is 0. The maximum absolute atomic E-state index is 12.2. The third-order valence-corrected chi connectivity index (χ3v) is 3.87. The zero-order valence-corrected chi connectivity index (χ0v) is 13.1. The molecule has 0 spiro atoms. The molecule has 2 aliphatic heterocycles. The van der Waals surface area contributed by atoms with Gasteiger partial charge in [-0.15, -0.1) is 12.4 Å². The summed E-state index contributed by atoms with van der Waals surface area (Å²) in [4.78, 5) is 14.0. The van der Waals surface area contributed by atoms with Gasteiger partial charge in [-0.1, -0.05) is 11.6 Å². The standard InChI is InChI=1S/C14H17ClN2O3.ClH/c15-11-5-9(6-12-14(11)20-4-3-19-12)7-13(18)17-2-1-10(16)8-17;/h5-6,10H,1-4,7-8,16H2;1H/t10-;/m1./s1. The average Bonchev–Trinajstić information content (AvgIpc) is 2.86. The maximum atomic E-state index is 12.2. The first-order valence-corrected chi connectivity index (χ1v) is 7.12. The van der Waals surface area contributed by atoms with Crippen molar-refractivity contribution in [3.05, 3.63) is 22.7 Å². The molecule has 0 aromatic heterocycles. The number of rotatable bonds is 2. The van der Waals surface area contributed by atoms with Crippen LogP contribution in [0.2, 0.25) is 5.02 Å². The zero-order valence-electron chi connectivity index (χ0n) is 11.5. The third kappa shape index (κ3) is 3.54. The number of hydrogen-bond acceptors (Lipinski definition) is 4. The summed E-state index contributed by atoms with van der Waals surface area (Å²) in [5, 5.41) is 0.489. The van der Waals surface area contributed by atoms with Crippen LogP contribution in [-0.4, -0.2) is 43.2 Å². The molecule has 0 radical (unpaired) electrons. The van der Waals surface area contributed by atoms with Crippen LogP contribution in [-0.2, 0) is 11.2 Å². The summed E-state index contributed by atoms with van der Waals surface area (Å²) in [6.07, 6.45) is 1.18. The van der Waals surface area contributed by atoms with Crippen LogP contribution in [0.25, 0.3) is 0 Å². The van der Waals surface area contributed by atoms with E-state index in [1.54, 1.807) is 11.0 Å². The van der Waals surface area contributed by atoms with E-state index >= 15 is 0 Å². The molecule has 2 N–H and O–H groups in total. The second kappa shape index (κ2) is 6.73. The van der Waals surface area contributed by atoms with E-state index in [2.05, 4.69) is 0 Å². The van der Waals surface area contributed by atoms with E-state index in [0.717, 1.165) is 18.5 Å². The first-order chi connectivity index (χ1) is 9.63. The van der Waals surface area contributed by atoms with E-state index in [-0.39, 0.29) is 24.4 Å². The van der Waals surface area contributed by atoms with Gasteiger partial charge < -0.3 is 20.1 Å². The lowest BCUT2D eigenvalue weighted by Gasteiger charge is -2.21. The number of amides is 1. The summed E-state index contributed by atoms with van der Waals surface area (Å²) < 4.78 is 11.0. The molecule has 0 aliphatic carbocycles. The highest BCUT2D eigenvalue weighted by Gasteiger charge is 2.24. The van der Waals surface area contributed by atoms with Gasteiger partial charge in [0.05, 0.1) is 11.4 Å².